The lowest BCUT2D eigenvalue weighted by Gasteiger charge is -2.14. The van der Waals surface area contributed by atoms with Crippen molar-refractivity contribution in [3.05, 3.63) is 59.9 Å². The van der Waals surface area contributed by atoms with E-state index in [2.05, 4.69) is 46.9 Å². The predicted octanol–water partition coefficient (Wildman–Crippen LogP) is 4.81. The standard InChI is InChI=1S/C23H24N4O3/c1-14-6-7-18(10-15(14)2)27-9-8-16-13-24-23(26-22(16)27)25-17-11-19(28-3)21(30-5)20(12-17)29-4/h6-13H,1-5H3,(H,24,25,26). The van der Waals surface area contributed by atoms with Gasteiger partial charge in [0.2, 0.25) is 11.7 Å². The molecule has 0 aliphatic carbocycles. The van der Waals surface area contributed by atoms with E-state index in [4.69, 9.17) is 19.2 Å². The van der Waals surface area contributed by atoms with Crippen molar-refractivity contribution < 1.29 is 14.2 Å². The molecule has 0 spiro atoms. The molecule has 154 valence electrons. The van der Waals surface area contributed by atoms with Gasteiger partial charge in [-0.05, 0) is 43.2 Å². The van der Waals surface area contributed by atoms with Crippen molar-refractivity contribution in [1.29, 1.82) is 0 Å². The van der Waals surface area contributed by atoms with Gasteiger partial charge in [0.15, 0.2) is 11.5 Å². The first-order chi connectivity index (χ1) is 14.5. The number of nitrogens with zero attached hydrogens (tertiary/aromatic N) is 3. The third kappa shape index (κ3) is 3.50. The van der Waals surface area contributed by atoms with Gasteiger partial charge in [-0.1, -0.05) is 6.07 Å². The van der Waals surface area contributed by atoms with Crippen molar-refractivity contribution in [3.63, 3.8) is 0 Å². The maximum Gasteiger partial charge on any atom is 0.229 e. The zero-order valence-corrected chi connectivity index (χ0v) is 17.7. The molecule has 0 aliphatic rings. The monoisotopic (exact) mass is 404 g/mol. The van der Waals surface area contributed by atoms with Crippen LogP contribution in [0, 0.1) is 13.8 Å². The van der Waals surface area contributed by atoms with Crippen LogP contribution >= 0.6 is 0 Å². The molecule has 2 aromatic heterocycles. The van der Waals surface area contributed by atoms with Crippen LogP contribution in [0.25, 0.3) is 16.7 Å². The molecule has 0 fully saturated rings. The van der Waals surface area contributed by atoms with Gasteiger partial charge >= 0.3 is 0 Å². The number of benzene rings is 2. The number of rotatable bonds is 6. The topological polar surface area (TPSA) is 70.4 Å². The molecule has 0 saturated carbocycles. The summed E-state index contributed by atoms with van der Waals surface area (Å²) in [5, 5.41) is 4.20. The summed E-state index contributed by atoms with van der Waals surface area (Å²) in [6.45, 7) is 4.21. The normalized spacial score (nSPS) is 10.8. The molecule has 7 nitrogen and oxygen atoms in total. The Morgan fingerprint density at radius 3 is 2.23 bits per heavy atom. The van der Waals surface area contributed by atoms with E-state index in [0.29, 0.717) is 23.2 Å². The number of methoxy groups -OCH3 is 3. The highest BCUT2D eigenvalue weighted by molar-refractivity contribution is 5.79. The van der Waals surface area contributed by atoms with Gasteiger partial charge < -0.3 is 24.1 Å². The first-order valence-corrected chi connectivity index (χ1v) is 9.52. The quantitative estimate of drug-likeness (QED) is 0.497. The minimum absolute atomic E-state index is 0.473. The van der Waals surface area contributed by atoms with E-state index < -0.39 is 0 Å². The van der Waals surface area contributed by atoms with Crippen LogP contribution in [0.5, 0.6) is 17.2 Å². The number of aryl methyl sites for hydroxylation is 2. The maximum atomic E-state index is 5.42. The van der Waals surface area contributed by atoms with Crippen LogP contribution < -0.4 is 19.5 Å². The van der Waals surface area contributed by atoms with Crippen molar-refractivity contribution in [3.8, 4) is 22.9 Å². The third-order valence-electron chi connectivity index (χ3n) is 5.12. The predicted molar refractivity (Wildman–Crippen MR) is 118 cm³/mol. The number of fused-ring (bicyclic) bond motifs is 1. The lowest BCUT2D eigenvalue weighted by atomic mass is 10.1. The number of hydrogen-bond donors (Lipinski definition) is 1. The summed E-state index contributed by atoms with van der Waals surface area (Å²) < 4.78 is 18.3. The third-order valence-corrected chi connectivity index (χ3v) is 5.12. The summed E-state index contributed by atoms with van der Waals surface area (Å²) in [4.78, 5) is 9.19. The summed E-state index contributed by atoms with van der Waals surface area (Å²) in [7, 11) is 4.74. The molecule has 30 heavy (non-hydrogen) atoms. The van der Waals surface area contributed by atoms with E-state index >= 15 is 0 Å². The van der Waals surface area contributed by atoms with Gasteiger partial charge in [0.05, 0.1) is 21.3 Å². The maximum absolute atomic E-state index is 5.42. The minimum Gasteiger partial charge on any atom is -0.493 e. The second-order valence-electron chi connectivity index (χ2n) is 6.97. The van der Waals surface area contributed by atoms with Crippen LogP contribution in [0.4, 0.5) is 11.6 Å². The molecular formula is C23H24N4O3. The Bertz CT molecular complexity index is 1190. The van der Waals surface area contributed by atoms with E-state index in [0.717, 1.165) is 22.4 Å². The number of hydrogen-bond acceptors (Lipinski definition) is 6. The fraction of sp³-hybridized carbons (Fsp3) is 0.217. The second kappa shape index (κ2) is 7.94. The van der Waals surface area contributed by atoms with Crippen LogP contribution in [0.2, 0.25) is 0 Å². The summed E-state index contributed by atoms with van der Waals surface area (Å²) in [6.07, 6.45) is 3.81. The zero-order valence-electron chi connectivity index (χ0n) is 17.7. The molecule has 0 radical (unpaired) electrons. The zero-order chi connectivity index (χ0) is 21.3. The summed E-state index contributed by atoms with van der Waals surface area (Å²) in [5.74, 6) is 2.11. The van der Waals surface area contributed by atoms with E-state index in [1.54, 1.807) is 27.5 Å². The van der Waals surface area contributed by atoms with E-state index in [9.17, 15) is 0 Å². The van der Waals surface area contributed by atoms with E-state index in [1.807, 2.05) is 24.4 Å². The highest BCUT2D eigenvalue weighted by atomic mass is 16.5. The molecule has 1 N–H and O–H groups in total. The Hall–Kier alpha value is -3.74. The Kier molecular flexibility index (Phi) is 5.18. The van der Waals surface area contributed by atoms with Crippen LogP contribution in [0.3, 0.4) is 0 Å². The largest absolute Gasteiger partial charge is 0.493 e. The van der Waals surface area contributed by atoms with Crippen LogP contribution in [-0.2, 0) is 0 Å². The van der Waals surface area contributed by atoms with Gasteiger partial charge in [0.1, 0.15) is 5.65 Å². The fourth-order valence-corrected chi connectivity index (χ4v) is 3.34. The van der Waals surface area contributed by atoms with Crippen molar-refractivity contribution in [1.82, 2.24) is 14.5 Å². The number of anilines is 2. The van der Waals surface area contributed by atoms with Gasteiger partial charge in [0.25, 0.3) is 0 Å². The van der Waals surface area contributed by atoms with Gasteiger partial charge in [-0.25, -0.2) is 4.98 Å². The first-order valence-electron chi connectivity index (χ1n) is 9.52. The lowest BCUT2D eigenvalue weighted by molar-refractivity contribution is 0.324. The second-order valence-corrected chi connectivity index (χ2v) is 6.97. The molecule has 7 heteroatoms. The molecule has 0 amide bonds. The van der Waals surface area contributed by atoms with Crippen molar-refractivity contribution >= 4 is 22.7 Å². The van der Waals surface area contributed by atoms with Gasteiger partial charge in [-0.2, -0.15) is 4.98 Å². The SMILES string of the molecule is COc1cc(Nc2ncc3ccn(-c4ccc(C)c(C)c4)c3n2)cc(OC)c1OC. The van der Waals surface area contributed by atoms with E-state index in [-0.39, 0.29) is 0 Å². The summed E-state index contributed by atoms with van der Waals surface area (Å²) in [6, 6.07) is 12.0. The molecule has 0 unspecified atom stereocenters. The Morgan fingerprint density at radius 2 is 1.60 bits per heavy atom. The van der Waals surface area contributed by atoms with Gasteiger partial charge in [-0.15, -0.1) is 0 Å². The Labute approximate surface area is 175 Å². The molecule has 0 bridgehead atoms. The molecule has 4 aromatic rings. The number of nitrogens with one attached hydrogen (secondary N) is 1. The molecule has 0 saturated heterocycles. The van der Waals surface area contributed by atoms with Gasteiger partial charge in [0, 0.05) is 41.3 Å². The number of aromatic nitrogens is 3. The molecule has 4 rings (SSSR count). The molecule has 2 aromatic carbocycles. The fourth-order valence-electron chi connectivity index (χ4n) is 3.34. The average Bonchev–Trinajstić information content (AvgIpc) is 3.18. The van der Waals surface area contributed by atoms with Crippen LogP contribution in [0.1, 0.15) is 11.1 Å². The van der Waals surface area contributed by atoms with Crippen LogP contribution in [-0.4, -0.2) is 35.9 Å². The highest BCUT2D eigenvalue weighted by Gasteiger charge is 2.14. The Morgan fingerprint density at radius 1 is 0.867 bits per heavy atom. The summed E-state index contributed by atoms with van der Waals surface area (Å²) >= 11 is 0. The molecule has 2 heterocycles. The van der Waals surface area contributed by atoms with Gasteiger partial charge in [-0.3, -0.25) is 0 Å². The Balaban J connectivity index is 1.73. The smallest absolute Gasteiger partial charge is 0.229 e. The number of ether oxygens (including phenoxy) is 3. The lowest BCUT2D eigenvalue weighted by Crippen LogP contribution is -2.02. The average molecular weight is 404 g/mol. The van der Waals surface area contributed by atoms with Crippen molar-refractivity contribution in [2.24, 2.45) is 0 Å². The summed E-state index contributed by atoms with van der Waals surface area (Å²) in [5.41, 5.74) is 5.11. The minimum atomic E-state index is 0.473. The van der Waals surface area contributed by atoms with Crippen molar-refractivity contribution in [2.75, 3.05) is 26.6 Å². The molecule has 0 aliphatic heterocycles. The van der Waals surface area contributed by atoms with E-state index in [1.165, 1.54) is 11.1 Å². The molecular weight excluding hydrogens is 380 g/mol. The van der Waals surface area contributed by atoms with Crippen molar-refractivity contribution in [2.45, 2.75) is 13.8 Å². The first kappa shape index (κ1) is 19.6. The van der Waals surface area contributed by atoms with Crippen LogP contribution in [0.15, 0.2) is 48.8 Å². The molecule has 0 atom stereocenters. The highest BCUT2D eigenvalue weighted by Crippen LogP contribution is 2.40.